The highest BCUT2D eigenvalue weighted by Crippen LogP contribution is 2.24. The van der Waals surface area contributed by atoms with Gasteiger partial charge in [0.1, 0.15) is 6.61 Å². The van der Waals surface area contributed by atoms with E-state index in [1.807, 2.05) is 0 Å². The van der Waals surface area contributed by atoms with Crippen LogP contribution < -0.4 is 11.1 Å². The van der Waals surface area contributed by atoms with Gasteiger partial charge in [-0.05, 0) is 35.9 Å². The molecule has 0 saturated carbocycles. The van der Waals surface area contributed by atoms with Gasteiger partial charge in [0.25, 0.3) is 5.91 Å². The molecule has 0 bridgehead atoms. The number of fused-ring (bicyclic) bond motifs is 1. The highest BCUT2D eigenvalue weighted by Gasteiger charge is 2.21. The fourth-order valence-corrected chi connectivity index (χ4v) is 2.55. The summed E-state index contributed by atoms with van der Waals surface area (Å²) in [6.07, 6.45) is 0. The van der Waals surface area contributed by atoms with Gasteiger partial charge in [0.05, 0.1) is 5.56 Å². The molecule has 0 radical (unpaired) electrons. The number of nitrogens with one attached hydrogen (secondary N) is 1. The molecule has 6 heteroatoms. The Morgan fingerprint density at radius 1 is 1.27 bits per heavy atom. The molecule has 0 spiro atoms. The lowest BCUT2D eigenvalue weighted by Gasteiger charge is -2.08. The minimum absolute atomic E-state index is 0.274. The fourth-order valence-electron chi connectivity index (χ4n) is 2.29. The number of cyclic esters (lactones) is 1. The molecular weight excluding hydrogens is 304 g/mol. The molecule has 0 saturated heterocycles. The highest BCUT2D eigenvalue weighted by atomic mass is 35.5. The molecule has 0 unspecified atom stereocenters. The van der Waals surface area contributed by atoms with Gasteiger partial charge in [-0.2, -0.15) is 0 Å². The lowest BCUT2D eigenvalue weighted by molar-refractivity contribution is 0.0535. The van der Waals surface area contributed by atoms with E-state index < -0.39 is 0 Å². The summed E-state index contributed by atoms with van der Waals surface area (Å²) in [7, 11) is 0. The van der Waals surface area contributed by atoms with Crippen LogP contribution in [0.1, 0.15) is 31.8 Å². The first-order valence-corrected chi connectivity index (χ1v) is 7.05. The summed E-state index contributed by atoms with van der Waals surface area (Å²) in [5, 5.41) is 3.19. The predicted molar refractivity (Wildman–Crippen MR) is 82.9 cm³/mol. The molecule has 1 amide bonds. The van der Waals surface area contributed by atoms with E-state index in [0.717, 1.165) is 11.1 Å². The molecule has 0 aliphatic carbocycles. The SMILES string of the molecule is NCc1cc(Cl)cc(C(=O)Nc2ccc3c(c2)C(=O)OC3)c1. The number of esters is 1. The van der Waals surface area contributed by atoms with Crippen molar-refractivity contribution in [2.24, 2.45) is 5.73 Å². The molecule has 3 rings (SSSR count). The Morgan fingerprint density at radius 3 is 2.86 bits per heavy atom. The third-order valence-electron chi connectivity index (χ3n) is 3.40. The first kappa shape index (κ1) is 14.6. The van der Waals surface area contributed by atoms with Crippen LogP contribution in [0.25, 0.3) is 0 Å². The van der Waals surface area contributed by atoms with Gasteiger partial charge in [-0.3, -0.25) is 4.79 Å². The number of amides is 1. The van der Waals surface area contributed by atoms with Gasteiger partial charge in [-0.1, -0.05) is 17.7 Å². The summed E-state index contributed by atoms with van der Waals surface area (Å²) in [6.45, 7) is 0.572. The summed E-state index contributed by atoms with van der Waals surface area (Å²) in [4.78, 5) is 23.8. The van der Waals surface area contributed by atoms with Crippen molar-refractivity contribution < 1.29 is 14.3 Å². The monoisotopic (exact) mass is 316 g/mol. The summed E-state index contributed by atoms with van der Waals surface area (Å²) >= 11 is 5.97. The number of rotatable bonds is 3. The first-order valence-electron chi connectivity index (χ1n) is 6.68. The maximum Gasteiger partial charge on any atom is 0.338 e. The van der Waals surface area contributed by atoms with Gasteiger partial charge in [0, 0.05) is 28.4 Å². The van der Waals surface area contributed by atoms with E-state index in [9.17, 15) is 9.59 Å². The number of hydrogen-bond donors (Lipinski definition) is 2. The van der Waals surface area contributed by atoms with E-state index in [-0.39, 0.29) is 18.5 Å². The van der Waals surface area contributed by atoms with Crippen LogP contribution in [0.3, 0.4) is 0 Å². The van der Waals surface area contributed by atoms with E-state index in [2.05, 4.69) is 5.32 Å². The van der Waals surface area contributed by atoms with Crippen LogP contribution in [0.5, 0.6) is 0 Å². The summed E-state index contributed by atoms with van der Waals surface area (Å²) in [5.74, 6) is -0.692. The molecule has 1 aliphatic heterocycles. The minimum atomic E-state index is -0.376. The Hall–Kier alpha value is -2.37. The Labute approximate surface area is 132 Å². The molecule has 2 aromatic carbocycles. The molecule has 22 heavy (non-hydrogen) atoms. The molecule has 112 valence electrons. The van der Waals surface area contributed by atoms with Crippen LogP contribution >= 0.6 is 11.6 Å². The molecule has 5 nitrogen and oxygen atoms in total. The summed E-state index contributed by atoms with van der Waals surface area (Å²) in [5.41, 5.74) is 8.58. The number of carbonyl (C=O) groups excluding carboxylic acids is 2. The summed E-state index contributed by atoms with van der Waals surface area (Å²) < 4.78 is 4.93. The number of anilines is 1. The quantitative estimate of drug-likeness (QED) is 0.853. The van der Waals surface area contributed by atoms with E-state index in [1.54, 1.807) is 36.4 Å². The normalized spacial score (nSPS) is 12.7. The molecular formula is C16H13ClN2O3. The van der Waals surface area contributed by atoms with Gasteiger partial charge in [0.2, 0.25) is 0 Å². The largest absolute Gasteiger partial charge is 0.457 e. The zero-order chi connectivity index (χ0) is 15.7. The minimum Gasteiger partial charge on any atom is -0.457 e. The molecule has 0 fully saturated rings. The van der Waals surface area contributed by atoms with Crippen LogP contribution in [0.15, 0.2) is 36.4 Å². The van der Waals surface area contributed by atoms with Gasteiger partial charge < -0.3 is 15.8 Å². The Kier molecular flexibility index (Phi) is 3.83. The lowest BCUT2D eigenvalue weighted by atomic mass is 10.1. The van der Waals surface area contributed by atoms with Crippen LogP contribution in [0.4, 0.5) is 5.69 Å². The first-order chi connectivity index (χ1) is 10.6. The van der Waals surface area contributed by atoms with Gasteiger partial charge >= 0.3 is 5.97 Å². The Balaban J connectivity index is 1.84. The van der Waals surface area contributed by atoms with Crippen molar-refractivity contribution in [1.29, 1.82) is 0 Å². The molecule has 3 N–H and O–H groups in total. The van der Waals surface area contributed by atoms with E-state index in [1.165, 1.54) is 0 Å². The second-order valence-electron chi connectivity index (χ2n) is 4.95. The van der Waals surface area contributed by atoms with Crippen LogP contribution in [-0.4, -0.2) is 11.9 Å². The lowest BCUT2D eigenvalue weighted by Crippen LogP contribution is -2.13. The van der Waals surface area contributed by atoms with Crippen LogP contribution in [-0.2, 0) is 17.9 Å². The van der Waals surface area contributed by atoms with Crippen LogP contribution in [0, 0.1) is 0 Å². The number of nitrogens with two attached hydrogens (primary N) is 1. The molecule has 0 aromatic heterocycles. The maximum absolute atomic E-state index is 12.3. The van der Waals surface area contributed by atoms with E-state index in [0.29, 0.717) is 28.4 Å². The van der Waals surface area contributed by atoms with Crippen molar-refractivity contribution in [3.63, 3.8) is 0 Å². The number of carbonyl (C=O) groups is 2. The molecule has 1 heterocycles. The molecule has 0 atom stereocenters. The van der Waals surface area contributed by atoms with E-state index in [4.69, 9.17) is 22.1 Å². The van der Waals surface area contributed by atoms with Gasteiger partial charge in [-0.25, -0.2) is 4.79 Å². The molecule has 2 aromatic rings. The smallest absolute Gasteiger partial charge is 0.338 e. The Morgan fingerprint density at radius 2 is 2.09 bits per heavy atom. The zero-order valence-corrected chi connectivity index (χ0v) is 12.3. The van der Waals surface area contributed by atoms with Crippen molar-refractivity contribution in [3.05, 3.63) is 63.7 Å². The predicted octanol–water partition coefficient (Wildman–Crippen LogP) is 2.72. The number of halogens is 1. The van der Waals surface area contributed by atoms with Crippen molar-refractivity contribution in [3.8, 4) is 0 Å². The number of ether oxygens (including phenoxy) is 1. The average Bonchev–Trinajstić information content (AvgIpc) is 2.87. The summed E-state index contributed by atoms with van der Waals surface area (Å²) in [6, 6.07) is 10.1. The third kappa shape index (κ3) is 2.81. The van der Waals surface area contributed by atoms with Crippen molar-refractivity contribution in [1.82, 2.24) is 0 Å². The Bertz CT molecular complexity index is 774. The van der Waals surface area contributed by atoms with Gasteiger partial charge in [-0.15, -0.1) is 0 Å². The number of benzene rings is 2. The van der Waals surface area contributed by atoms with Crippen molar-refractivity contribution in [2.75, 3.05) is 5.32 Å². The third-order valence-corrected chi connectivity index (χ3v) is 3.62. The number of hydrogen-bond acceptors (Lipinski definition) is 4. The van der Waals surface area contributed by atoms with Crippen molar-refractivity contribution in [2.45, 2.75) is 13.2 Å². The maximum atomic E-state index is 12.3. The zero-order valence-electron chi connectivity index (χ0n) is 11.6. The van der Waals surface area contributed by atoms with Crippen LogP contribution in [0.2, 0.25) is 5.02 Å². The second kappa shape index (κ2) is 5.79. The topological polar surface area (TPSA) is 81.4 Å². The fraction of sp³-hybridized carbons (Fsp3) is 0.125. The standard InChI is InChI=1S/C16H13ClN2O3/c17-12-4-9(7-18)3-11(5-12)15(20)19-13-2-1-10-8-22-16(21)14(10)6-13/h1-6H,7-8,18H2,(H,19,20). The van der Waals surface area contributed by atoms with E-state index >= 15 is 0 Å². The molecule has 1 aliphatic rings. The second-order valence-corrected chi connectivity index (χ2v) is 5.39. The average molecular weight is 317 g/mol. The van der Waals surface area contributed by atoms with Crippen molar-refractivity contribution >= 4 is 29.2 Å². The van der Waals surface area contributed by atoms with Gasteiger partial charge in [0.15, 0.2) is 0 Å². The highest BCUT2D eigenvalue weighted by molar-refractivity contribution is 6.31.